The van der Waals surface area contributed by atoms with E-state index in [-0.39, 0.29) is 35.4 Å². The summed E-state index contributed by atoms with van der Waals surface area (Å²) in [5, 5.41) is 6.52. The molecule has 3 rings (SSSR count). The van der Waals surface area contributed by atoms with E-state index in [4.69, 9.17) is 4.52 Å². The van der Waals surface area contributed by atoms with Crippen LogP contribution in [-0.4, -0.2) is 24.5 Å². The summed E-state index contributed by atoms with van der Waals surface area (Å²) in [4.78, 5) is 16.1. The Morgan fingerprint density at radius 1 is 1.13 bits per heavy atom. The Balaban J connectivity index is 1.52. The van der Waals surface area contributed by atoms with Gasteiger partial charge in [0, 0.05) is 19.4 Å². The smallest absolute Gasteiger partial charge is 0.227 e. The van der Waals surface area contributed by atoms with Gasteiger partial charge in [0.1, 0.15) is 11.6 Å². The summed E-state index contributed by atoms with van der Waals surface area (Å²) < 4.78 is 42.7. The van der Waals surface area contributed by atoms with Crippen LogP contribution in [-0.2, 0) is 33.4 Å². The predicted molar refractivity (Wildman–Crippen MR) is 108 cm³/mol. The highest BCUT2D eigenvalue weighted by atomic mass is 32.2. The van der Waals surface area contributed by atoms with E-state index in [2.05, 4.69) is 15.5 Å². The lowest BCUT2D eigenvalue weighted by atomic mass is 10.1. The number of rotatable bonds is 8. The normalized spacial score (nSPS) is 11.4. The number of hydrogen-bond acceptors (Lipinski definition) is 6. The summed E-state index contributed by atoms with van der Waals surface area (Å²) in [6.45, 7) is 4.41. The first-order valence-electron chi connectivity index (χ1n) is 9.35. The highest BCUT2D eigenvalue weighted by Crippen LogP contribution is 2.16. The number of carbonyl (C=O) groups excluding carboxylic acids is 1. The van der Waals surface area contributed by atoms with Gasteiger partial charge in [0.25, 0.3) is 0 Å². The second kappa shape index (κ2) is 9.17. The van der Waals surface area contributed by atoms with Gasteiger partial charge in [-0.3, -0.25) is 4.79 Å². The third-order valence-electron chi connectivity index (χ3n) is 4.55. The summed E-state index contributed by atoms with van der Waals surface area (Å²) in [6.07, 6.45) is 0.333. The number of sulfone groups is 1. The van der Waals surface area contributed by atoms with E-state index in [1.54, 1.807) is 0 Å². The predicted octanol–water partition coefficient (Wildman–Crippen LogP) is 3.05. The number of benzene rings is 2. The highest BCUT2D eigenvalue weighted by molar-refractivity contribution is 7.90. The van der Waals surface area contributed by atoms with Gasteiger partial charge in [-0.2, -0.15) is 4.98 Å². The molecule has 0 aliphatic rings. The molecule has 0 saturated carbocycles. The van der Waals surface area contributed by atoms with Gasteiger partial charge in [0.15, 0.2) is 15.7 Å². The lowest BCUT2D eigenvalue weighted by molar-refractivity contribution is -0.121. The van der Waals surface area contributed by atoms with Crippen LogP contribution in [0.4, 0.5) is 4.39 Å². The van der Waals surface area contributed by atoms with Crippen molar-refractivity contribution >= 4 is 15.7 Å². The maximum atomic E-state index is 13.0. The summed E-state index contributed by atoms with van der Waals surface area (Å²) >= 11 is 0. The standard InChI is InChI=1S/C21H22FN3O4S/c1-14-3-4-15(2)16(11-14)12-23-20(26)9-10-21-24-19(25-29-21)13-30(27,28)18-7-5-17(22)6-8-18/h3-8,11H,9-10,12-13H2,1-2H3,(H,23,26). The molecule has 1 heterocycles. The zero-order valence-electron chi connectivity index (χ0n) is 16.7. The van der Waals surface area contributed by atoms with Crippen molar-refractivity contribution in [2.75, 3.05) is 0 Å². The Bertz CT molecular complexity index is 1140. The third kappa shape index (κ3) is 5.73. The average molecular weight is 431 g/mol. The van der Waals surface area contributed by atoms with Crippen molar-refractivity contribution in [1.82, 2.24) is 15.5 Å². The molecule has 0 spiro atoms. The van der Waals surface area contributed by atoms with Crippen LogP contribution >= 0.6 is 0 Å². The van der Waals surface area contributed by atoms with Crippen molar-refractivity contribution in [3.05, 3.63) is 76.7 Å². The van der Waals surface area contributed by atoms with Gasteiger partial charge in [-0.1, -0.05) is 28.9 Å². The summed E-state index contributed by atoms with van der Waals surface area (Å²) in [6, 6.07) is 10.6. The Labute approximate surface area is 174 Å². The molecule has 7 nitrogen and oxygen atoms in total. The van der Waals surface area contributed by atoms with Crippen molar-refractivity contribution in [3.8, 4) is 0 Å². The average Bonchev–Trinajstić information content (AvgIpc) is 3.14. The van der Waals surface area contributed by atoms with Gasteiger partial charge in [0.2, 0.25) is 11.8 Å². The van der Waals surface area contributed by atoms with Gasteiger partial charge in [-0.15, -0.1) is 0 Å². The molecule has 1 aromatic heterocycles. The topological polar surface area (TPSA) is 102 Å². The zero-order chi connectivity index (χ0) is 21.7. The van der Waals surface area contributed by atoms with Gasteiger partial charge in [-0.05, 0) is 49.2 Å². The molecular formula is C21H22FN3O4S. The molecule has 0 atom stereocenters. The van der Waals surface area contributed by atoms with E-state index in [1.807, 2.05) is 32.0 Å². The molecule has 0 saturated heterocycles. The number of nitrogens with zero attached hydrogens (tertiary/aromatic N) is 2. The molecule has 30 heavy (non-hydrogen) atoms. The SMILES string of the molecule is Cc1ccc(C)c(CNC(=O)CCc2nc(CS(=O)(=O)c3ccc(F)cc3)no2)c1. The molecule has 3 aromatic rings. The lowest BCUT2D eigenvalue weighted by Gasteiger charge is -2.08. The number of carbonyl (C=O) groups is 1. The molecule has 1 amide bonds. The van der Waals surface area contributed by atoms with E-state index >= 15 is 0 Å². The van der Waals surface area contributed by atoms with Crippen molar-refractivity contribution in [3.63, 3.8) is 0 Å². The van der Waals surface area contributed by atoms with E-state index in [0.29, 0.717) is 6.54 Å². The van der Waals surface area contributed by atoms with Gasteiger partial charge < -0.3 is 9.84 Å². The number of aromatic nitrogens is 2. The quantitative estimate of drug-likeness (QED) is 0.550. The molecule has 9 heteroatoms. The zero-order valence-corrected chi connectivity index (χ0v) is 17.5. The van der Waals surface area contributed by atoms with E-state index in [0.717, 1.165) is 28.8 Å². The van der Waals surface area contributed by atoms with Gasteiger partial charge in [0.05, 0.1) is 4.90 Å². The van der Waals surface area contributed by atoms with Gasteiger partial charge in [-0.25, -0.2) is 12.8 Å². The van der Waals surface area contributed by atoms with Crippen LogP contribution in [0.15, 0.2) is 51.9 Å². The van der Waals surface area contributed by atoms with Gasteiger partial charge >= 0.3 is 0 Å². The number of hydrogen-bond donors (Lipinski definition) is 1. The van der Waals surface area contributed by atoms with Crippen molar-refractivity contribution in [2.45, 2.75) is 43.9 Å². The van der Waals surface area contributed by atoms with Crippen LogP contribution < -0.4 is 5.32 Å². The highest BCUT2D eigenvalue weighted by Gasteiger charge is 2.19. The molecule has 1 N–H and O–H groups in total. The first-order chi connectivity index (χ1) is 14.2. The lowest BCUT2D eigenvalue weighted by Crippen LogP contribution is -2.23. The van der Waals surface area contributed by atoms with Crippen LogP contribution in [0.3, 0.4) is 0 Å². The largest absolute Gasteiger partial charge is 0.352 e. The van der Waals surface area contributed by atoms with E-state index in [9.17, 15) is 17.6 Å². The van der Waals surface area contributed by atoms with Crippen LogP contribution in [0.2, 0.25) is 0 Å². The third-order valence-corrected chi connectivity index (χ3v) is 6.18. The van der Waals surface area contributed by atoms with Crippen LogP contribution in [0, 0.1) is 19.7 Å². The molecule has 158 valence electrons. The molecule has 0 fully saturated rings. The maximum Gasteiger partial charge on any atom is 0.227 e. The summed E-state index contributed by atoms with van der Waals surface area (Å²) in [5.41, 5.74) is 3.28. The number of nitrogens with one attached hydrogen (secondary N) is 1. The molecule has 0 aliphatic carbocycles. The molecular weight excluding hydrogens is 409 g/mol. The first kappa shape index (κ1) is 21.6. The molecule has 2 aromatic carbocycles. The molecule has 0 unspecified atom stereocenters. The number of amides is 1. The Hall–Kier alpha value is -3.07. The molecule has 0 radical (unpaired) electrons. The summed E-state index contributed by atoms with van der Waals surface area (Å²) in [5.74, 6) is -0.992. The minimum absolute atomic E-state index is 0.00915. The van der Waals surface area contributed by atoms with Crippen LogP contribution in [0.5, 0.6) is 0 Å². The molecule has 0 aliphatic heterocycles. The Morgan fingerprint density at radius 2 is 1.87 bits per heavy atom. The maximum absolute atomic E-state index is 13.0. The van der Waals surface area contributed by atoms with Crippen molar-refractivity contribution in [2.24, 2.45) is 0 Å². The summed E-state index contributed by atoms with van der Waals surface area (Å²) in [7, 11) is -3.73. The fourth-order valence-electron chi connectivity index (χ4n) is 2.84. The van der Waals surface area contributed by atoms with E-state index < -0.39 is 21.4 Å². The number of aryl methyl sites for hydroxylation is 3. The second-order valence-corrected chi connectivity index (χ2v) is 9.01. The van der Waals surface area contributed by atoms with Crippen LogP contribution in [0.25, 0.3) is 0 Å². The van der Waals surface area contributed by atoms with E-state index in [1.165, 1.54) is 12.1 Å². The second-order valence-electron chi connectivity index (χ2n) is 7.02. The molecule has 0 bridgehead atoms. The minimum Gasteiger partial charge on any atom is -0.352 e. The minimum atomic E-state index is -3.73. The number of halogens is 1. The fraction of sp³-hybridized carbons (Fsp3) is 0.286. The first-order valence-corrected chi connectivity index (χ1v) is 11.0. The fourth-order valence-corrected chi connectivity index (χ4v) is 4.01. The van der Waals surface area contributed by atoms with Crippen molar-refractivity contribution < 1.29 is 22.1 Å². The van der Waals surface area contributed by atoms with Crippen LogP contribution in [0.1, 0.15) is 34.8 Å². The Morgan fingerprint density at radius 3 is 2.60 bits per heavy atom. The monoisotopic (exact) mass is 431 g/mol. The Kier molecular flexibility index (Phi) is 6.61. The van der Waals surface area contributed by atoms with Crippen molar-refractivity contribution in [1.29, 1.82) is 0 Å².